The Morgan fingerprint density at radius 2 is 0.825 bits per heavy atom. The van der Waals surface area contributed by atoms with Gasteiger partial charge in [-0.1, -0.05) is 38.3 Å². The van der Waals surface area contributed by atoms with Crippen molar-refractivity contribution in [3.63, 3.8) is 0 Å². The Bertz CT molecular complexity index is 617. The Morgan fingerprint density at radius 1 is 0.450 bits per heavy atom. The van der Waals surface area contributed by atoms with E-state index in [9.17, 15) is 0 Å². The molecule has 0 aliphatic carbocycles. The van der Waals surface area contributed by atoms with Crippen LogP contribution in [0.15, 0.2) is 24.3 Å². The lowest BCUT2D eigenvalue weighted by Crippen LogP contribution is -2.15. The number of rotatable bonds is 32. The molecule has 234 valence electrons. The Hall–Kier alpha value is -1.34. The summed E-state index contributed by atoms with van der Waals surface area (Å²) in [5, 5.41) is 8.57. The van der Waals surface area contributed by atoms with Crippen molar-refractivity contribution in [3.05, 3.63) is 29.8 Å². The molecule has 0 saturated carbocycles. The number of benzene rings is 1. The molecule has 40 heavy (non-hydrogen) atoms. The van der Waals surface area contributed by atoms with Crippen LogP contribution >= 0.6 is 0 Å². The summed E-state index contributed by atoms with van der Waals surface area (Å²) < 4.78 is 49.0. The van der Waals surface area contributed by atoms with Gasteiger partial charge >= 0.3 is 0 Å². The van der Waals surface area contributed by atoms with E-state index in [-0.39, 0.29) is 6.61 Å². The van der Waals surface area contributed by atoms with Crippen LogP contribution in [0.2, 0.25) is 0 Å². The minimum Gasteiger partial charge on any atom is -0.491 e. The van der Waals surface area contributed by atoms with Crippen molar-refractivity contribution in [2.45, 2.75) is 39.0 Å². The highest BCUT2D eigenvalue weighted by Crippen LogP contribution is 2.14. The highest BCUT2D eigenvalue weighted by Gasteiger charge is 1.98. The van der Waals surface area contributed by atoms with Crippen molar-refractivity contribution in [2.75, 3.05) is 119 Å². The smallest absolute Gasteiger partial charge is 0.119 e. The van der Waals surface area contributed by atoms with Crippen LogP contribution in [-0.2, 0) is 44.3 Å². The number of aliphatic hydroxyl groups is 1. The van der Waals surface area contributed by atoms with E-state index in [0.717, 1.165) is 12.2 Å². The molecule has 0 aromatic heterocycles. The molecule has 1 aromatic carbocycles. The molecule has 0 fully saturated rings. The van der Waals surface area contributed by atoms with E-state index in [2.05, 4.69) is 19.1 Å². The molecular weight excluding hydrogens is 520 g/mol. The Kier molecular flexibility index (Phi) is 28.1. The monoisotopic (exact) mass is 574 g/mol. The molecule has 0 atom stereocenters. The molecule has 0 amide bonds. The molecule has 0 bridgehead atoms. The molecule has 0 spiro atoms. The number of hydrogen-bond donors (Lipinski definition) is 1. The molecule has 0 radical (unpaired) electrons. The second-order valence-corrected chi connectivity index (χ2v) is 8.93. The topological polar surface area (TPSA) is 103 Å². The van der Waals surface area contributed by atoms with Gasteiger partial charge < -0.3 is 47.7 Å². The van der Waals surface area contributed by atoms with Crippen LogP contribution in [0.1, 0.15) is 38.2 Å². The van der Waals surface area contributed by atoms with Crippen LogP contribution in [0.3, 0.4) is 0 Å². The molecule has 0 saturated heterocycles. The van der Waals surface area contributed by atoms with E-state index in [1.54, 1.807) is 0 Å². The van der Waals surface area contributed by atoms with Crippen LogP contribution < -0.4 is 4.74 Å². The largest absolute Gasteiger partial charge is 0.491 e. The second kappa shape index (κ2) is 30.6. The fraction of sp³-hybridized carbons (Fsp3) is 0.800. The van der Waals surface area contributed by atoms with E-state index in [1.807, 2.05) is 12.1 Å². The van der Waals surface area contributed by atoms with Crippen LogP contribution in [0.25, 0.3) is 0 Å². The van der Waals surface area contributed by atoms with E-state index >= 15 is 0 Å². The first-order chi connectivity index (χ1) is 19.9. The highest BCUT2D eigenvalue weighted by atomic mass is 16.6. The molecule has 10 heteroatoms. The Morgan fingerprint density at radius 3 is 1.20 bits per heavy atom. The molecule has 0 unspecified atom stereocenters. The maximum Gasteiger partial charge on any atom is 0.119 e. The van der Waals surface area contributed by atoms with Crippen molar-refractivity contribution >= 4 is 0 Å². The van der Waals surface area contributed by atoms with Gasteiger partial charge in [-0.25, -0.2) is 0 Å². The molecule has 0 heterocycles. The standard InChI is InChI=1S/C30H54O10/c1-2-3-4-5-6-29-7-9-30(10-8-29)40-28-27-39-26-25-38-24-23-37-22-21-36-20-19-35-18-17-34-16-15-33-14-13-32-12-11-31/h7-10,31H,2-6,11-28H2,1H3. The third kappa shape index (κ3) is 25.6. The molecule has 1 aromatic rings. The first kappa shape index (κ1) is 36.7. The van der Waals surface area contributed by atoms with Gasteiger partial charge in [0.15, 0.2) is 0 Å². The highest BCUT2D eigenvalue weighted by molar-refractivity contribution is 5.27. The number of unbranched alkanes of at least 4 members (excludes halogenated alkanes) is 3. The predicted octanol–water partition coefficient (Wildman–Crippen LogP) is 3.31. The maximum absolute atomic E-state index is 8.57. The maximum atomic E-state index is 8.57. The summed E-state index contributed by atoms with van der Waals surface area (Å²) in [6.45, 7) is 10.9. The van der Waals surface area contributed by atoms with Crippen molar-refractivity contribution in [1.29, 1.82) is 0 Å². The van der Waals surface area contributed by atoms with Gasteiger partial charge in [0.25, 0.3) is 0 Å². The van der Waals surface area contributed by atoms with Crippen LogP contribution in [0.5, 0.6) is 5.75 Å². The van der Waals surface area contributed by atoms with Crippen molar-refractivity contribution in [3.8, 4) is 5.75 Å². The summed E-state index contributed by atoms with van der Waals surface area (Å²) in [5.41, 5.74) is 1.37. The zero-order valence-electron chi connectivity index (χ0n) is 24.7. The molecular formula is C30H54O10. The van der Waals surface area contributed by atoms with Gasteiger partial charge in [-0.2, -0.15) is 0 Å². The minimum atomic E-state index is 0.0298. The number of aliphatic hydroxyl groups excluding tert-OH is 1. The summed E-state index contributed by atoms with van der Waals surface area (Å²) in [7, 11) is 0. The Labute approximate surface area is 241 Å². The van der Waals surface area contributed by atoms with Gasteiger partial charge in [-0.05, 0) is 30.5 Å². The summed E-state index contributed by atoms with van der Waals surface area (Å²) in [5.74, 6) is 0.882. The lowest BCUT2D eigenvalue weighted by atomic mass is 10.1. The minimum absolute atomic E-state index is 0.0298. The average molecular weight is 575 g/mol. The van der Waals surface area contributed by atoms with Crippen molar-refractivity contribution in [2.24, 2.45) is 0 Å². The Balaban J connectivity index is 1.71. The molecule has 1 N–H and O–H groups in total. The fourth-order valence-corrected chi connectivity index (χ4v) is 3.43. The van der Waals surface area contributed by atoms with Crippen LogP contribution in [-0.4, -0.2) is 124 Å². The van der Waals surface area contributed by atoms with Crippen molar-refractivity contribution < 1.29 is 47.7 Å². The van der Waals surface area contributed by atoms with Gasteiger partial charge in [0, 0.05) is 0 Å². The first-order valence-electron chi connectivity index (χ1n) is 14.8. The van der Waals surface area contributed by atoms with Gasteiger partial charge in [0.1, 0.15) is 12.4 Å². The zero-order chi connectivity index (χ0) is 28.6. The SMILES string of the molecule is CCCCCCc1ccc(OCCOCCOCCOCCOCCOCCOCCOCCOCCO)cc1. The molecule has 1 rings (SSSR count). The van der Waals surface area contributed by atoms with Gasteiger partial charge in [-0.15, -0.1) is 0 Å². The fourth-order valence-electron chi connectivity index (χ4n) is 3.43. The van der Waals surface area contributed by atoms with E-state index in [4.69, 9.17) is 47.7 Å². The van der Waals surface area contributed by atoms with E-state index < -0.39 is 0 Å². The van der Waals surface area contributed by atoms with Crippen LogP contribution in [0, 0.1) is 0 Å². The van der Waals surface area contributed by atoms with Crippen molar-refractivity contribution in [1.82, 2.24) is 0 Å². The quantitative estimate of drug-likeness (QED) is 0.129. The molecule has 10 nitrogen and oxygen atoms in total. The number of hydrogen-bond acceptors (Lipinski definition) is 10. The zero-order valence-corrected chi connectivity index (χ0v) is 24.7. The van der Waals surface area contributed by atoms with Gasteiger partial charge in [0.2, 0.25) is 0 Å². The lowest BCUT2D eigenvalue weighted by Gasteiger charge is -2.09. The van der Waals surface area contributed by atoms with E-state index in [1.165, 1.54) is 31.2 Å². The number of ether oxygens (including phenoxy) is 9. The average Bonchev–Trinajstić information content (AvgIpc) is 2.98. The van der Waals surface area contributed by atoms with E-state index in [0.29, 0.717) is 112 Å². The van der Waals surface area contributed by atoms with Crippen LogP contribution in [0.4, 0.5) is 0 Å². The van der Waals surface area contributed by atoms with Gasteiger partial charge in [-0.3, -0.25) is 0 Å². The molecule has 0 aliphatic rings. The first-order valence-corrected chi connectivity index (χ1v) is 14.8. The third-order valence-electron chi connectivity index (χ3n) is 5.58. The third-order valence-corrected chi connectivity index (χ3v) is 5.58. The van der Waals surface area contributed by atoms with Gasteiger partial charge in [0.05, 0.1) is 112 Å². The summed E-state index contributed by atoms with van der Waals surface area (Å²) >= 11 is 0. The molecule has 0 aliphatic heterocycles. The summed E-state index contributed by atoms with van der Waals surface area (Å²) in [6, 6.07) is 8.38. The predicted molar refractivity (Wildman–Crippen MR) is 153 cm³/mol. The summed E-state index contributed by atoms with van der Waals surface area (Å²) in [4.78, 5) is 0. The summed E-state index contributed by atoms with van der Waals surface area (Å²) in [6.07, 6.45) is 6.28. The number of aryl methyl sites for hydroxylation is 1. The normalized spacial score (nSPS) is 11.3. The lowest BCUT2D eigenvalue weighted by molar-refractivity contribution is -0.0242. The second-order valence-electron chi connectivity index (χ2n) is 8.93.